The molecule has 0 saturated carbocycles. The Morgan fingerprint density at radius 1 is 0.373 bits per heavy atom. The first-order valence-corrected chi connectivity index (χ1v) is 34.8. The van der Waals surface area contributed by atoms with Crippen molar-refractivity contribution in [2.75, 3.05) is 47.5 Å². The molecule has 0 rings (SSSR count). The van der Waals surface area contributed by atoms with E-state index in [1.54, 1.807) is 0 Å². The molecule has 2 unspecified atom stereocenters. The van der Waals surface area contributed by atoms with E-state index in [-0.39, 0.29) is 32.2 Å². The van der Waals surface area contributed by atoms with Crippen LogP contribution in [-0.4, -0.2) is 87.4 Å². The molecule has 83 heavy (non-hydrogen) atoms. The van der Waals surface area contributed by atoms with Gasteiger partial charge in [0, 0.05) is 12.8 Å². The van der Waals surface area contributed by atoms with Crippen molar-refractivity contribution in [1.82, 2.24) is 0 Å². The Balaban J connectivity index is 4.02. The Kier molecular flexibility index (Phi) is 61.7. The van der Waals surface area contributed by atoms with Gasteiger partial charge < -0.3 is 28.5 Å². The van der Waals surface area contributed by atoms with Crippen LogP contribution in [0.4, 0.5) is 0 Å². The highest BCUT2D eigenvalue weighted by molar-refractivity contribution is 5.71. The standard InChI is InChI=1S/C74H131NO8/c1-6-8-10-12-14-16-18-20-22-24-26-27-28-29-30-31-32-33-34-35-36-37-38-39-40-41-42-43-44-45-47-49-51-53-55-57-59-61-63-65-72(77)83-70(69-82-74(73(78)79)80-67-66-75(3,4)5)68-81-71(76)64-62-60-58-56-54-52-50-48-46-25-23-21-19-17-15-13-11-9-7-2/h8,10,14,16,20-23,26-27,29-30,32-33,70,74H,6-7,9,11-13,15,17-19,24-25,28,31,34-69H2,1-5H3/p+1/b10-8-,16-14-,22-20-,23-21-,27-26-,30-29-,33-32-. The number of hydrogen-bond donors (Lipinski definition) is 1. The lowest BCUT2D eigenvalue weighted by Crippen LogP contribution is -2.40. The summed E-state index contributed by atoms with van der Waals surface area (Å²) in [4.78, 5) is 37.6. The van der Waals surface area contributed by atoms with Crippen molar-refractivity contribution in [3.8, 4) is 0 Å². The van der Waals surface area contributed by atoms with Crippen molar-refractivity contribution in [2.45, 2.75) is 322 Å². The molecule has 2 atom stereocenters. The molecule has 1 N–H and O–H groups in total. The van der Waals surface area contributed by atoms with Crippen molar-refractivity contribution in [1.29, 1.82) is 0 Å². The van der Waals surface area contributed by atoms with Crippen LogP contribution >= 0.6 is 0 Å². The van der Waals surface area contributed by atoms with E-state index >= 15 is 0 Å². The van der Waals surface area contributed by atoms with Gasteiger partial charge in [0.25, 0.3) is 6.29 Å². The van der Waals surface area contributed by atoms with Crippen LogP contribution in [0.1, 0.15) is 309 Å². The number of esters is 2. The molecule has 0 saturated heterocycles. The summed E-state index contributed by atoms with van der Waals surface area (Å²) in [6, 6.07) is 0. The van der Waals surface area contributed by atoms with Gasteiger partial charge in [0.05, 0.1) is 34.4 Å². The number of nitrogens with zero attached hydrogens (tertiary/aromatic N) is 1. The number of carboxylic acids is 1. The van der Waals surface area contributed by atoms with E-state index in [2.05, 4.69) is 98.9 Å². The minimum absolute atomic E-state index is 0.181. The number of rotatable bonds is 64. The molecule has 0 aromatic carbocycles. The molecule has 0 aromatic heterocycles. The second-order valence-corrected chi connectivity index (χ2v) is 24.5. The fourth-order valence-electron chi connectivity index (χ4n) is 9.84. The van der Waals surface area contributed by atoms with Gasteiger partial charge in [0.1, 0.15) is 13.2 Å². The number of ether oxygens (including phenoxy) is 4. The Bertz CT molecular complexity index is 1640. The maximum atomic E-state index is 12.9. The Morgan fingerprint density at radius 3 is 1.04 bits per heavy atom. The lowest BCUT2D eigenvalue weighted by molar-refractivity contribution is -0.870. The summed E-state index contributed by atoms with van der Waals surface area (Å²) in [7, 11) is 5.98. The number of aliphatic carboxylic acids is 1. The normalized spacial score (nSPS) is 13.2. The largest absolute Gasteiger partial charge is 0.477 e. The third-order valence-corrected chi connectivity index (χ3v) is 15.1. The van der Waals surface area contributed by atoms with Crippen molar-refractivity contribution in [2.24, 2.45) is 0 Å². The van der Waals surface area contributed by atoms with Gasteiger partial charge in [-0.2, -0.15) is 0 Å². The number of carbonyl (C=O) groups excluding carboxylic acids is 2. The molecule has 0 bridgehead atoms. The van der Waals surface area contributed by atoms with Gasteiger partial charge in [-0.05, 0) is 89.9 Å². The molecule has 0 aliphatic rings. The highest BCUT2D eigenvalue weighted by Crippen LogP contribution is 2.18. The lowest BCUT2D eigenvalue weighted by atomic mass is 10.0. The minimum atomic E-state index is -1.51. The molecular weight excluding hydrogens is 1030 g/mol. The number of carbonyl (C=O) groups is 3. The third kappa shape index (κ3) is 65.9. The molecule has 0 aliphatic carbocycles. The van der Waals surface area contributed by atoms with Crippen LogP contribution in [0.2, 0.25) is 0 Å². The number of carboxylic acid groups (broad SMARTS) is 1. The number of unbranched alkanes of at least 4 members (excludes halogenated alkanes) is 35. The maximum absolute atomic E-state index is 12.9. The number of quaternary nitrogens is 1. The van der Waals surface area contributed by atoms with E-state index < -0.39 is 24.3 Å². The predicted octanol–water partition coefficient (Wildman–Crippen LogP) is 21.5. The number of hydrogen-bond acceptors (Lipinski definition) is 7. The van der Waals surface area contributed by atoms with Crippen LogP contribution in [-0.2, 0) is 33.3 Å². The summed E-state index contributed by atoms with van der Waals surface area (Å²) in [6.45, 7) is 4.79. The topological polar surface area (TPSA) is 108 Å². The van der Waals surface area contributed by atoms with E-state index in [9.17, 15) is 19.5 Å². The van der Waals surface area contributed by atoms with Crippen LogP contribution in [0, 0.1) is 0 Å². The van der Waals surface area contributed by atoms with Gasteiger partial charge >= 0.3 is 17.9 Å². The quantitative estimate of drug-likeness (QED) is 0.0211. The molecular formula is C74H132NO8+. The highest BCUT2D eigenvalue weighted by atomic mass is 16.7. The van der Waals surface area contributed by atoms with E-state index in [4.69, 9.17) is 18.9 Å². The van der Waals surface area contributed by atoms with Gasteiger partial charge in [0.15, 0.2) is 6.10 Å². The molecule has 9 heteroatoms. The summed E-state index contributed by atoms with van der Waals surface area (Å²) >= 11 is 0. The zero-order chi connectivity index (χ0) is 60.5. The first kappa shape index (κ1) is 79.5. The number of likely N-dealkylation sites (N-methyl/N-ethyl adjacent to an activating group) is 1. The lowest BCUT2D eigenvalue weighted by Gasteiger charge is -2.25. The van der Waals surface area contributed by atoms with Crippen LogP contribution in [0.5, 0.6) is 0 Å². The highest BCUT2D eigenvalue weighted by Gasteiger charge is 2.25. The Hall–Kier alpha value is -3.53. The summed E-state index contributed by atoms with van der Waals surface area (Å²) in [5.74, 6) is -1.99. The smallest absolute Gasteiger partial charge is 0.361 e. The minimum Gasteiger partial charge on any atom is -0.477 e. The molecule has 0 heterocycles. The Labute approximate surface area is 512 Å². The fraction of sp³-hybridized carbons (Fsp3) is 0.770. The van der Waals surface area contributed by atoms with Crippen molar-refractivity contribution in [3.63, 3.8) is 0 Å². The van der Waals surface area contributed by atoms with E-state index in [0.717, 1.165) is 77.0 Å². The second kappa shape index (κ2) is 64.5. The third-order valence-electron chi connectivity index (χ3n) is 15.1. The molecule has 0 amide bonds. The Morgan fingerprint density at radius 2 is 0.687 bits per heavy atom. The average molecular weight is 1160 g/mol. The molecule has 480 valence electrons. The molecule has 0 spiro atoms. The van der Waals surface area contributed by atoms with Gasteiger partial charge in [0.2, 0.25) is 0 Å². The zero-order valence-electron chi connectivity index (χ0n) is 54.8. The monoisotopic (exact) mass is 1160 g/mol. The maximum Gasteiger partial charge on any atom is 0.361 e. The van der Waals surface area contributed by atoms with Gasteiger partial charge in [-0.15, -0.1) is 0 Å². The van der Waals surface area contributed by atoms with Crippen LogP contribution in [0.3, 0.4) is 0 Å². The molecule has 9 nitrogen and oxygen atoms in total. The zero-order valence-corrected chi connectivity index (χ0v) is 54.8. The van der Waals surface area contributed by atoms with Crippen LogP contribution in [0.15, 0.2) is 85.1 Å². The van der Waals surface area contributed by atoms with Crippen LogP contribution in [0.25, 0.3) is 0 Å². The summed E-state index contributed by atoms with van der Waals surface area (Å²) in [5, 5.41) is 9.73. The van der Waals surface area contributed by atoms with E-state index in [1.165, 1.54) is 205 Å². The summed E-state index contributed by atoms with van der Waals surface area (Å²) in [5.41, 5.74) is 0. The van der Waals surface area contributed by atoms with E-state index in [1.807, 2.05) is 21.1 Å². The molecule has 0 aliphatic heterocycles. The molecule has 0 radical (unpaired) electrons. The fourth-order valence-corrected chi connectivity index (χ4v) is 9.84. The predicted molar refractivity (Wildman–Crippen MR) is 355 cm³/mol. The average Bonchev–Trinajstić information content (AvgIpc) is 3.46. The molecule has 0 aromatic rings. The molecule has 0 fully saturated rings. The van der Waals surface area contributed by atoms with Gasteiger partial charge in [-0.25, -0.2) is 4.79 Å². The first-order chi connectivity index (χ1) is 40.6. The van der Waals surface area contributed by atoms with Gasteiger partial charge in [-0.1, -0.05) is 292 Å². The van der Waals surface area contributed by atoms with Crippen LogP contribution < -0.4 is 0 Å². The SMILES string of the molecule is CC/C=C\C/C=C\C/C=C\C/C=C\C/C=C\C/C=C\CCCCCCCCCCCCCCCCCCCCCCC(=O)OC(COC(=O)CCCCCCCCCCC/C=C\CCCCCCCC)COC(OCC[N+](C)(C)C)C(=O)O. The first-order valence-electron chi connectivity index (χ1n) is 34.8. The number of allylic oxidation sites excluding steroid dienone is 14. The van der Waals surface area contributed by atoms with Crippen molar-refractivity contribution in [3.05, 3.63) is 85.1 Å². The summed E-state index contributed by atoms with van der Waals surface area (Å²) in [6.07, 6.45) is 84.1. The van der Waals surface area contributed by atoms with E-state index in [0.29, 0.717) is 17.4 Å². The second-order valence-electron chi connectivity index (χ2n) is 24.5. The van der Waals surface area contributed by atoms with Crippen molar-refractivity contribution >= 4 is 17.9 Å². The van der Waals surface area contributed by atoms with Gasteiger partial charge in [-0.3, -0.25) is 9.59 Å². The van der Waals surface area contributed by atoms with Crippen molar-refractivity contribution < 1.29 is 42.9 Å². The summed E-state index contributed by atoms with van der Waals surface area (Å²) < 4.78 is 23.0.